The van der Waals surface area contributed by atoms with Crippen LogP contribution in [0.15, 0.2) is 48.5 Å². The predicted molar refractivity (Wildman–Crippen MR) is 104 cm³/mol. The minimum absolute atomic E-state index is 0.296. The number of hydrogen-bond acceptors (Lipinski definition) is 6. The standard InChI is InChI=1S/C19H17ClN2O4S/c1-22(10-17-21-15-7-2-3-8-16(15)27-17)18(23)11-26-19(24)12-25-14-6-4-5-13(20)9-14/h2-9H,10-12H2,1H3. The third-order valence-corrected chi connectivity index (χ3v) is 4.90. The van der Waals surface area contributed by atoms with Gasteiger partial charge in [0.15, 0.2) is 13.2 Å². The van der Waals surface area contributed by atoms with Gasteiger partial charge in [-0.1, -0.05) is 29.8 Å². The first-order chi connectivity index (χ1) is 13.0. The fourth-order valence-electron chi connectivity index (χ4n) is 2.27. The maximum absolute atomic E-state index is 12.2. The first kappa shape index (κ1) is 19.1. The Bertz CT molecular complexity index is 927. The van der Waals surface area contributed by atoms with Crippen LogP contribution in [0, 0.1) is 0 Å². The molecule has 27 heavy (non-hydrogen) atoms. The van der Waals surface area contributed by atoms with Gasteiger partial charge in [-0.05, 0) is 30.3 Å². The molecule has 0 spiro atoms. The van der Waals surface area contributed by atoms with Gasteiger partial charge in [0.25, 0.3) is 5.91 Å². The SMILES string of the molecule is CN(Cc1nc2ccccc2s1)C(=O)COC(=O)COc1cccc(Cl)c1. The van der Waals surface area contributed by atoms with Gasteiger partial charge in [-0.3, -0.25) is 4.79 Å². The summed E-state index contributed by atoms with van der Waals surface area (Å²) in [4.78, 5) is 29.9. The van der Waals surface area contributed by atoms with Gasteiger partial charge in [-0.25, -0.2) is 9.78 Å². The highest BCUT2D eigenvalue weighted by Gasteiger charge is 2.15. The third-order valence-electron chi connectivity index (χ3n) is 3.65. The van der Waals surface area contributed by atoms with Gasteiger partial charge >= 0.3 is 5.97 Å². The van der Waals surface area contributed by atoms with Crippen LogP contribution in [0.3, 0.4) is 0 Å². The second-order valence-electron chi connectivity index (χ2n) is 5.73. The summed E-state index contributed by atoms with van der Waals surface area (Å²) in [6, 6.07) is 14.5. The fraction of sp³-hybridized carbons (Fsp3) is 0.211. The molecule has 8 heteroatoms. The molecule has 0 bridgehead atoms. The zero-order chi connectivity index (χ0) is 19.2. The topological polar surface area (TPSA) is 68.7 Å². The molecule has 3 aromatic rings. The number of ether oxygens (including phenoxy) is 2. The molecule has 0 unspecified atom stereocenters. The van der Waals surface area contributed by atoms with E-state index in [2.05, 4.69) is 4.98 Å². The van der Waals surface area contributed by atoms with Crippen molar-refractivity contribution >= 4 is 45.0 Å². The molecule has 0 aliphatic carbocycles. The largest absolute Gasteiger partial charge is 0.482 e. The molecule has 6 nitrogen and oxygen atoms in total. The van der Waals surface area contributed by atoms with Gasteiger partial charge < -0.3 is 14.4 Å². The summed E-state index contributed by atoms with van der Waals surface area (Å²) in [5, 5.41) is 1.33. The number of rotatable bonds is 7. The van der Waals surface area contributed by atoms with E-state index in [0.29, 0.717) is 17.3 Å². The number of fused-ring (bicyclic) bond motifs is 1. The number of esters is 1. The predicted octanol–water partition coefficient (Wildman–Crippen LogP) is 3.53. The lowest BCUT2D eigenvalue weighted by molar-refractivity contribution is -0.153. The number of halogens is 1. The van der Waals surface area contributed by atoms with Gasteiger partial charge in [0.2, 0.25) is 0 Å². The maximum Gasteiger partial charge on any atom is 0.344 e. The highest BCUT2D eigenvalue weighted by atomic mass is 35.5. The molecular formula is C19H17ClN2O4S. The zero-order valence-electron chi connectivity index (χ0n) is 14.6. The lowest BCUT2D eigenvalue weighted by atomic mass is 10.3. The first-order valence-electron chi connectivity index (χ1n) is 8.13. The first-order valence-corrected chi connectivity index (χ1v) is 9.33. The lowest BCUT2D eigenvalue weighted by Gasteiger charge is -2.15. The van der Waals surface area contributed by atoms with E-state index in [1.54, 1.807) is 31.3 Å². The smallest absolute Gasteiger partial charge is 0.344 e. The van der Waals surface area contributed by atoms with E-state index in [4.69, 9.17) is 21.1 Å². The number of amides is 1. The van der Waals surface area contributed by atoms with Crippen molar-refractivity contribution in [1.29, 1.82) is 0 Å². The lowest BCUT2D eigenvalue weighted by Crippen LogP contribution is -2.31. The Morgan fingerprint density at radius 1 is 1.15 bits per heavy atom. The summed E-state index contributed by atoms with van der Waals surface area (Å²) < 4.78 is 11.3. The number of benzene rings is 2. The van der Waals surface area contributed by atoms with Crippen molar-refractivity contribution in [2.45, 2.75) is 6.54 Å². The van der Waals surface area contributed by atoms with E-state index < -0.39 is 5.97 Å². The molecule has 0 aliphatic heterocycles. The molecule has 3 rings (SSSR count). The Kier molecular flexibility index (Phi) is 6.26. The molecule has 0 saturated heterocycles. The van der Waals surface area contributed by atoms with Crippen LogP contribution >= 0.6 is 22.9 Å². The van der Waals surface area contributed by atoms with Crippen LogP contribution in [0.5, 0.6) is 5.75 Å². The quantitative estimate of drug-likeness (QED) is 0.563. The Morgan fingerprint density at radius 3 is 2.74 bits per heavy atom. The number of carbonyl (C=O) groups excluding carboxylic acids is 2. The van der Waals surface area contributed by atoms with Crippen molar-refractivity contribution in [2.24, 2.45) is 0 Å². The summed E-state index contributed by atoms with van der Waals surface area (Å²) in [6.07, 6.45) is 0. The summed E-state index contributed by atoms with van der Waals surface area (Å²) >= 11 is 7.37. The van der Waals surface area contributed by atoms with Gasteiger partial charge in [-0.2, -0.15) is 0 Å². The van der Waals surface area contributed by atoms with Gasteiger partial charge in [-0.15, -0.1) is 11.3 Å². The molecule has 140 valence electrons. The molecule has 0 aliphatic rings. The molecule has 0 atom stereocenters. The van der Waals surface area contributed by atoms with E-state index in [0.717, 1.165) is 15.2 Å². The highest BCUT2D eigenvalue weighted by molar-refractivity contribution is 7.18. The second kappa shape index (κ2) is 8.83. The van der Waals surface area contributed by atoms with Crippen LogP contribution in [0.2, 0.25) is 5.02 Å². The minimum Gasteiger partial charge on any atom is -0.482 e. The van der Waals surface area contributed by atoms with Crippen LogP contribution in [0.25, 0.3) is 10.2 Å². The van der Waals surface area contributed by atoms with Crippen molar-refractivity contribution < 1.29 is 19.1 Å². The Hall–Kier alpha value is -2.64. The van der Waals surface area contributed by atoms with E-state index in [1.165, 1.54) is 16.2 Å². The van der Waals surface area contributed by atoms with Gasteiger partial charge in [0, 0.05) is 12.1 Å². The zero-order valence-corrected chi connectivity index (χ0v) is 16.1. The molecule has 0 radical (unpaired) electrons. The Morgan fingerprint density at radius 2 is 1.96 bits per heavy atom. The molecule has 0 fully saturated rings. The summed E-state index contributed by atoms with van der Waals surface area (Å²) in [5.74, 6) is -0.485. The van der Waals surface area contributed by atoms with Gasteiger partial charge in [0.05, 0.1) is 16.8 Å². The molecule has 1 heterocycles. The van der Waals surface area contributed by atoms with Crippen LogP contribution in [-0.4, -0.2) is 42.0 Å². The van der Waals surface area contributed by atoms with Crippen LogP contribution in [0.1, 0.15) is 5.01 Å². The number of nitrogens with zero attached hydrogens (tertiary/aromatic N) is 2. The molecule has 0 saturated carbocycles. The monoisotopic (exact) mass is 404 g/mol. The summed E-state index contributed by atoms with van der Waals surface area (Å²) in [5.41, 5.74) is 0.906. The average Bonchev–Trinajstić information content (AvgIpc) is 3.06. The average molecular weight is 405 g/mol. The summed E-state index contributed by atoms with van der Waals surface area (Å²) in [7, 11) is 1.64. The van der Waals surface area contributed by atoms with E-state index in [9.17, 15) is 9.59 Å². The number of para-hydroxylation sites is 1. The van der Waals surface area contributed by atoms with Crippen LogP contribution < -0.4 is 4.74 Å². The Balaban J connectivity index is 1.44. The molecule has 2 aromatic carbocycles. The van der Waals surface area contributed by atoms with Crippen molar-refractivity contribution in [2.75, 3.05) is 20.3 Å². The second-order valence-corrected chi connectivity index (χ2v) is 7.28. The van der Waals surface area contributed by atoms with E-state index >= 15 is 0 Å². The van der Waals surface area contributed by atoms with Crippen molar-refractivity contribution in [3.8, 4) is 5.75 Å². The highest BCUT2D eigenvalue weighted by Crippen LogP contribution is 2.22. The molecular weight excluding hydrogens is 388 g/mol. The van der Waals surface area contributed by atoms with E-state index in [1.807, 2.05) is 24.3 Å². The fourth-order valence-corrected chi connectivity index (χ4v) is 3.47. The third kappa shape index (κ3) is 5.42. The Labute approximate surface area is 165 Å². The number of likely N-dealkylation sites (N-methyl/N-ethyl adjacent to an activating group) is 1. The normalized spacial score (nSPS) is 10.6. The van der Waals surface area contributed by atoms with E-state index in [-0.39, 0.29) is 19.1 Å². The summed E-state index contributed by atoms with van der Waals surface area (Å²) in [6.45, 7) is -0.289. The van der Waals surface area contributed by atoms with Crippen LogP contribution in [-0.2, 0) is 20.9 Å². The number of aromatic nitrogens is 1. The minimum atomic E-state index is -0.628. The molecule has 1 aromatic heterocycles. The number of thiazole rings is 1. The molecule has 0 N–H and O–H groups in total. The van der Waals surface area contributed by atoms with Gasteiger partial charge in [0.1, 0.15) is 10.8 Å². The number of hydrogen-bond donors (Lipinski definition) is 0. The maximum atomic E-state index is 12.2. The van der Waals surface area contributed by atoms with Crippen LogP contribution in [0.4, 0.5) is 0 Å². The molecule has 1 amide bonds. The van der Waals surface area contributed by atoms with Crippen molar-refractivity contribution in [3.63, 3.8) is 0 Å². The van der Waals surface area contributed by atoms with Crippen molar-refractivity contribution in [3.05, 3.63) is 58.6 Å². The number of carbonyl (C=O) groups is 2. The van der Waals surface area contributed by atoms with Crippen molar-refractivity contribution in [1.82, 2.24) is 9.88 Å².